The molecule has 2 N–H and O–H groups in total. The Bertz CT molecular complexity index is 389. The molecule has 3 atom stereocenters. The van der Waals surface area contributed by atoms with Gasteiger partial charge in [0.25, 0.3) is 0 Å². The minimum Gasteiger partial charge on any atom is -0.324 e. The standard InChI is InChI=1S/C15H22ClN/c1-10-4-3-5-12(8-10)15(17)14-9-13(16)7-6-11(14)2/h6-7,9-10,12,15H,3-5,8,17H2,1-2H3. The van der Waals surface area contributed by atoms with Crippen molar-refractivity contribution in [1.29, 1.82) is 0 Å². The second-order valence-electron chi connectivity index (χ2n) is 5.56. The topological polar surface area (TPSA) is 26.0 Å². The Kier molecular flexibility index (Phi) is 4.11. The van der Waals surface area contributed by atoms with Crippen molar-refractivity contribution < 1.29 is 0 Å². The summed E-state index contributed by atoms with van der Waals surface area (Å²) in [6.07, 6.45) is 5.20. The van der Waals surface area contributed by atoms with E-state index in [9.17, 15) is 0 Å². The van der Waals surface area contributed by atoms with Crippen molar-refractivity contribution in [2.45, 2.75) is 45.6 Å². The van der Waals surface area contributed by atoms with Crippen LogP contribution in [0, 0.1) is 18.8 Å². The lowest BCUT2D eigenvalue weighted by Crippen LogP contribution is -2.26. The van der Waals surface area contributed by atoms with Crippen LogP contribution in [0.5, 0.6) is 0 Å². The number of nitrogens with two attached hydrogens (primary N) is 1. The summed E-state index contributed by atoms with van der Waals surface area (Å²) in [7, 11) is 0. The normalized spacial score (nSPS) is 26.8. The Hall–Kier alpha value is -0.530. The second-order valence-corrected chi connectivity index (χ2v) is 5.99. The van der Waals surface area contributed by atoms with Gasteiger partial charge in [-0.15, -0.1) is 0 Å². The summed E-state index contributed by atoms with van der Waals surface area (Å²) < 4.78 is 0. The van der Waals surface area contributed by atoms with Crippen LogP contribution in [0.15, 0.2) is 18.2 Å². The van der Waals surface area contributed by atoms with Crippen LogP contribution in [-0.2, 0) is 0 Å². The van der Waals surface area contributed by atoms with Gasteiger partial charge in [0.2, 0.25) is 0 Å². The van der Waals surface area contributed by atoms with Crippen LogP contribution in [0.4, 0.5) is 0 Å². The molecule has 1 aromatic carbocycles. The van der Waals surface area contributed by atoms with E-state index in [1.807, 2.05) is 12.1 Å². The molecule has 0 saturated heterocycles. The van der Waals surface area contributed by atoms with E-state index < -0.39 is 0 Å². The quantitative estimate of drug-likeness (QED) is 0.824. The van der Waals surface area contributed by atoms with Gasteiger partial charge in [-0.1, -0.05) is 37.4 Å². The average Bonchev–Trinajstić information content (AvgIpc) is 2.31. The molecule has 0 bridgehead atoms. The van der Waals surface area contributed by atoms with E-state index in [-0.39, 0.29) is 6.04 Å². The average molecular weight is 252 g/mol. The maximum atomic E-state index is 6.44. The lowest BCUT2D eigenvalue weighted by Gasteiger charge is -2.32. The number of halogens is 1. The number of benzene rings is 1. The summed E-state index contributed by atoms with van der Waals surface area (Å²) in [5.41, 5.74) is 8.94. The predicted molar refractivity (Wildman–Crippen MR) is 74.2 cm³/mol. The van der Waals surface area contributed by atoms with Gasteiger partial charge in [0, 0.05) is 11.1 Å². The fraction of sp³-hybridized carbons (Fsp3) is 0.600. The molecule has 0 amide bonds. The molecule has 94 valence electrons. The van der Waals surface area contributed by atoms with Crippen molar-refractivity contribution in [3.8, 4) is 0 Å². The third-order valence-corrected chi connectivity index (χ3v) is 4.32. The van der Waals surface area contributed by atoms with Crippen LogP contribution >= 0.6 is 11.6 Å². The zero-order chi connectivity index (χ0) is 12.4. The van der Waals surface area contributed by atoms with Crippen LogP contribution < -0.4 is 5.73 Å². The van der Waals surface area contributed by atoms with Gasteiger partial charge in [-0.2, -0.15) is 0 Å². The van der Waals surface area contributed by atoms with Gasteiger partial charge in [0.05, 0.1) is 0 Å². The summed E-state index contributed by atoms with van der Waals surface area (Å²) in [4.78, 5) is 0. The first-order chi connectivity index (χ1) is 8.08. The monoisotopic (exact) mass is 251 g/mol. The molecule has 0 heterocycles. The molecule has 1 nitrogen and oxygen atoms in total. The molecule has 2 heteroatoms. The number of hydrogen-bond donors (Lipinski definition) is 1. The van der Waals surface area contributed by atoms with E-state index in [2.05, 4.69) is 19.9 Å². The molecule has 0 spiro atoms. The van der Waals surface area contributed by atoms with Gasteiger partial charge < -0.3 is 5.73 Å². The van der Waals surface area contributed by atoms with Crippen molar-refractivity contribution >= 4 is 11.6 Å². The van der Waals surface area contributed by atoms with Crippen molar-refractivity contribution in [3.63, 3.8) is 0 Å². The largest absolute Gasteiger partial charge is 0.324 e. The van der Waals surface area contributed by atoms with Crippen LogP contribution in [0.25, 0.3) is 0 Å². The summed E-state index contributed by atoms with van der Waals surface area (Å²) >= 11 is 6.07. The first-order valence-electron chi connectivity index (χ1n) is 6.59. The molecule has 0 radical (unpaired) electrons. The van der Waals surface area contributed by atoms with Gasteiger partial charge in [0.15, 0.2) is 0 Å². The Morgan fingerprint density at radius 3 is 2.82 bits per heavy atom. The fourth-order valence-corrected chi connectivity index (χ4v) is 3.21. The minimum absolute atomic E-state index is 0.149. The first kappa shape index (κ1) is 12.9. The third-order valence-electron chi connectivity index (χ3n) is 4.09. The fourth-order valence-electron chi connectivity index (χ4n) is 3.03. The minimum atomic E-state index is 0.149. The molecule has 2 rings (SSSR count). The van der Waals surface area contributed by atoms with Crippen LogP contribution in [0.1, 0.15) is 49.8 Å². The highest BCUT2D eigenvalue weighted by atomic mass is 35.5. The lowest BCUT2D eigenvalue weighted by molar-refractivity contribution is 0.247. The highest BCUT2D eigenvalue weighted by Gasteiger charge is 2.26. The molecule has 1 aliphatic rings. The maximum Gasteiger partial charge on any atom is 0.0409 e. The van der Waals surface area contributed by atoms with Gasteiger partial charge >= 0.3 is 0 Å². The van der Waals surface area contributed by atoms with E-state index in [1.54, 1.807) is 0 Å². The maximum absolute atomic E-state index is 6.44. The predicted octanol–water partition coefficient (Wildman–Crippen LogP) is 4.47. The summed E-state index contributed by atoms with van der Waals surface area (Å²) in [6, 6.07) is 6.21. The zero-order valence-electron chi connectivity index (χ0n) is 10.7. The Labute approximate surface area is 109 Å². The van der Waals surface area contributed by atoms with Crippen LogP contribution in [0.3, 0.4) is 0 Å². The Morgan fingerprint density at radius 1 is 1.35 bits per heavy atom. The third kappa shape index (κ3) is 3.02. The molecule has 3 unspecified atom stereocenters. The first-order valence-corrected chi connectivity index (χ1v) is 6.97. The Morgan fingerprint density at radius 2 is 2.12 bits per heavy atom. The molecular weight excluding hydrogens is 230 g/mol. The van der Waals surface area contributed by atoms with Crippen molar-refractivity contribution in [2.24, 2.45) is 17.6 Å². The number of rotatable bonds is 2. The lowest BCUT2D eigenvalue weighted by atomic mass is 9.76. The van der Waals surface area contributed by atoms with Crippen molar-refractivity contribution in [1.82, 2.24) is 0 Å². The van der Waals surface area contributed by atoms with Crippen molar-refractivity contribution in [3.05, 3.63) is 34.3 Å². The van der Waals surface area contributed by atoms with Gasteiger partial charge in [-0.25, -0.2) is 0 Å². The molecule has 0 aromatic heterocycles. The van der Waals surface area contributed by atoms with E-state index in [1.165, 1.54) is 36.8 Å². The zero-order valence-corrected chi connectivity index (χ0v) is 11.5. The van der Waals surface area contributed by atoms with Crippen molar-refractivity contribution in [2.75, 3.05) is 0 Å². The van der Waals surface area contributed by atoms with Gasteiger partial charge in [0.1, 0.15) is 0 Å². The van der Waals surface area contributed by atoms with E-state index in [0.717, 1.165) is 10.9 Å². The highest BCUT2D eigenvalue weighted by Crippen LogP contribution is 2.37. The summed E-state index contributed by atoms with van der Waals surface area (Å²) in [5, 5.41) is 0.796. The van der Waals surface area contributed by atoms with Gasteiger partial charge in [-0.05, 0) is 54.9 Å². The van der Waals surface area contributed by atoms with E-state index in [4.69, 9.17) is 17.3 Å². The number of aryl methyl sites for hydroxylation is 1. The molecule has 1 fully saturated rings. The smallest absolute Gasteiger partial charge is 0.0409 e. The molecule has 1 saturated carbocycles. The summed E-state index contributed by atoms with van der Waals surface area (Å²) in [6.45, 7) is 4.46. The molecule has 0 aliphatic heterocycles. The van der Waals surface area contributed by atoms with E-state index in [0.29, 0.717) is 5.92 Å². The van der Waals surface area contributed by atoms with Gasteiger partial charge in [-0.3, -0.25) is 0 Å². The SMILES string of the molecule is Cc1ccc(Cl)cc1C(N)C1CCCC(C)C1. The molecule has 1 aromatic rings. The molecule has 17 heavy (non-hydrogen) atoms. The van der Waals surface area contributed by atoms with E-state index >= 15 is 0 Å². The molecule has 1 aliphatic carbocycles. The van der Waals surface area contributed by atoms with Crippen LogP contribution in [0.2, 0.25) is 5.02 Å². The number of hydrogen-bond acceptors (Lipinski definition) is 1. The Balaban J connectivity index is 2.18. The second kappa shape index (κ2) is 5.41. The highest BCUT2D eigenvalue weighted by molar-refractivity contribution is 6.30. The molecular formula is C15H22ClN. The summed E-state index contributed by atoms with van der Waals surface area (Å²) in [5.74, 6) is 1.44. The van der Waals surface area contributed by atoms with Crippen LogP contribution in [-0.4, -0.2) is 0 Å².